The molecule has 0 amide bonds. The van der Waals surface area contributed by atoms with Crippen molar-refractivity contribution in [3.8, 4) is 0 Å². The predicted molar refractivity (Wildman–Crippen MR) is 330 cm³/mol. The van der Waals surface area contributed by atoms with E-state index in [4.69, 9.17) is 14.2 Å². The molecule has 436 valence electrons. The largest absolute Gasteiger partial charge is 0.462 e. The molecule has 1 atom stereocenters. The van der Waals surface area contributed by atoms with Crippen LogP contribution in [0.3, 0.4) is 0 Å². The minimum atomic E-state index is -0.787. The molecule has 0 saturated heterocycles. The molecule has 0 aromatic rings. The summed E-state index contributed by atoms with van der Waals surface area (Å²) in [5.41, 5.74) is 0. The fourth-order valence-electron chi connectivity index (χ4n) is 8.97. The first-order valence-electron chi connectivity index (χ1n) is 32.2. The number of rotatable bonds is 58. The van der Waals surface area contributed by atoms with E-state index in [1.54, 1.807) is 0 Å². The minimum Gasteiger partial charge on any atom is -0.462 e. The standard InChI is InChI=1S/C70H120O6/c1-4-7-10-13-16-19-22-24-26-28-30-32-34-35-37-38-40-42-44-46-48-51-54-57-60-63-69(72)75-66-67(65-74-68(71)62-59-56-53-50-21-18-15-12-9-6-3)76-70(73)64-61-58-55-52-49-47-45-43-41-39-36-33-31-29-27-25-23-20-17-14-11-8-5-2/h7,10,12,15-16,19,23-26,29-32,36,39,67H,4-6,8-9,11,13-14,17-18,20-22,27-28,33-35,37-38,40-66H2,1-3H3/b10-7-,15-12-,19-16-,25-23-,26-24-,31-29-,32-30-,39-36-. The highest BCUT2D eigenvalue weighted by Gasteiger charge is 2.19. The lowest BCUT2D eigenvalue weighted by atomic mass is 10.0. The van der Waals surface area contributed by atoms with E-state index in [1.807, 2.05) is 0 Å². The number of carbonyl (C=O) groups excluding carboxylic acids is 3. The van der Waals surface area contributed by atoms with Crippen LogP contribution in [-0.2, 0) is 28.6 Å². The van der Waals surface area contributed by atoms with Gasteiger partial charge in [-0.1, -0.05) is 272 Å². The van der Waals surface area contributed by atoms with Gasteiger partial charge in [-0.25, -0.2) is 0 Å². The highest BCUT2D eigenvalue weighted by atomic mass is 16.6. The van der Waals surface area contributed by atoms with Crippen molar-refractivity contribution in [1.29, 1.82) is 0 Å². The summed E-state index contributed by atoms with van der Waals surface area (Å²) in [7, 11) is 0. The number of esters is 3. The van der Waals surface area contributed by atoms with Gasteiger partial charge in [-0.2, -0.15) is 0 Å². The Morgan fingerprint density at radius 3 is 0.868 bits per heavy atom. The Morgan fingerprint density at radius 2 is 0.539 bits per heavy atom. The number of hydrogen-bond acceptors (Lipinski definition) is 6. The summed E-state index contributed by atoms with van der Waals surface area (Å²) in [6.45, 7) is 6.46. The zero-order valence-corrected chi connectivity index (χ0v) is 50.0. The average molecular weight is 1060 g/mol. The molecule has 6 nitrogen and oxygen atoms in total. The maximum Gasteiger partial charge on any atom is 0.306 e. The smallest absolute Gasteiger partial charge is 0.306 e. The first-order valence-corrected chi connectivity index (χ1v) is 32.2. The van der Waals surface area contributed by atoms with Crippen LogP contribution in [0.25, 0.3) is 0 Å². The number of ether oxygens (including phenoxy) is 3. The zero-order chi connectivity index (χ0) is 55.0. The summed E-state index contributed by atoms with van der Waals surface area (Å²) in [5, 5.41) is 0. The second kappa shape index (κ2) is 63.9. The highest BCUT2D eigenvalue weighted by Crippen LogP contribution is 2.16. The van der Waals surface area contributed by atoms with E-state index in [1.165, 1.54) is 154 Å². The second-order valence-electron chi connectivity index (χ2n) is 21.3. The summed E-state index contributed by atoms with van der Waals surface area (Å²) in [4.78, 5) is 38.2. The molecule has 0 saturated carbocycles. The monoisotopic (exact) mass is 1060 g/mol. The third-order valence-corrected chi connectivity index (χ3v) is 13.8. The molecule has 0 rings (SSSR count). The Balaban J connectivity index is 4.26. The Kier molecular flexibility index (Phi) is 60.8. The second-order valence-corrected chi connectivity index (χ2v) is 21.3. The van der Waals surface area contributed by atoms with E-state index in [9.17, 15) is 14.4 Å². The normalized spacial score (nSPS) is 12.7. The van der Waals surface area contributed by atoms with Gasteiger partial charge in [0.2, 0.25) is 0 Å². The van der Waals surface area contributed by atoms with Gasteiger partial charge in [-0.05, 0) is 116 Å². The van der Waals surface area contributed by atoms with Crippen LogP contribution >= 0.6 is 0 Å². The van der Waals surface area contributed by atoms with Crippen LogP contribution in [-0.4, -0.2) is 37.2 Å². The molecule has 0 aromatic carbocycles. The maximum atomic E-state index is 12.9. The van der Waals surface area contributed by atoms with E-state index in [0.29, 0.717) is 19.3 Å². The number of unbranched alkanes of at least 4 members (excludes halogenated alkanes) is 31. The lowest BCUT2D eigenvalue weighted by Gasteiger charge is -2.18. The van der Waals surface area contributed by atoms with Crippen LogP contribution in [0.15, 0.2) is 97.2 Å². The highest BCUT2D eigenvalue weighted by molar-refractivity contribution is 5.71. The van der Waals surface area contributed by atoms with Gasteiger partial charge in [-0.3, -0.25) is 14.4 Å². The third-order valence-electron chi connectivity index (χ3n) is 13.8. The van der Waals surface area contributed by atoms with Crippen LogP contribution in [0.2, 0.25) is 0 Å². The summed E-state index contributed by atoms with van der Waals surface area (Å²) in [6.07, 6.45) is 85.6. The number of carbonyl (C=O) groups is 3. The van der Waals surface area contributed by atoms with E-state index in [-0.39, 0.29) is 31.1 Å². The van der Waals surface area contributed by atoms with Crippen LogP contribution in [0.4, 0.5) is 0 Å². The first kappa shape index (κ1) is 72.3. The van der Waals surface area contributed by atoms with Crippen molar-refractivity contribution in [2.45, 2.75) is 316 Å². The molecule has 0 radical (unpaired) electrons. The molecule has 0 heterocycles. The molecule has 0 N–H and O–H groups in total. The van der Waals surface area contributed by atoms with Gasteiger partial charge >= 0.3 is 17.9 Å². The van der Waals surface area contributed by atoms with Crippen molar-refractivity contribution >= 4 is 17.9 Å². The van der Waals surface area contributed by atoms with E-state index in [2.05, 4.69) is 118 Å². The van der Waals surface area contributed by atoms with Crippen molar-refractivity contribution in [2.24, 2.45) is 0 Å². The van der Waals surface area contributed by atoms with Gasteiger partial charge in [0.25, 0.3) is 0 Å². The van der Waals surface area contributed by atoms with Crippen LogP contribution in [0.1, 0.15) is 310 Å². The molecule has 0 bridgehead atoms. The van der Waals surface area contributed by atoms with Gasteiger partial charge < -0.3 is 14.2 Å². The molecule has 0 spiro atoms. The first-order chi connectivity index (χ1) is 37.5. The van der Waals surface area contributed by atoms with Crippen molar-refractivity contribution in [3.63, 3.8) is 0 Å². The number of allylic oxidation sites excluding steroid dienone is 16. The molecule has 1 unspecified atom stereocenters. The number of hydrogen-bond donors (Lipinski definition) is 0. The van der Waals surface area contributed by atoms with Gasteiger partial charge in [0.05, 0.1) is 0 Å². The maximum absolute atomic E-state index is 12.9. The van der Waals surface area contributed by atoms with E-state index in [0.717, 1.165) is 116 Å². The van der Waals surface area contributed by atoms with E-state index >= 15 is 0 Å². The van der Waals surface area contributed by atoms with Crippen molar-refractivity contribution in [1.82, 2.24) is 0 Å². The molecular formula is C70H120O6. The Bertz CT molecular complexity index is 1490. The molecule has 6 heteroatoms. The Labute approximate surface area is 470 Å². The fourth-order valence-corrected chi connectivity index (χ4v) is 8.97. The van der Waals surface area contributed by atoms with Crippen LogP contribution < -0.4 is 0 Å². The van der Waals surface area contributed by atoms with Gasteiger partial charge in [0.1, 0.15) is 13.2 Å². The molecule has 0 fully saturated rings. The van der Waals surface area contributed by atoms with Crippen LogP contribution in [0, 0.1) is 0 Å². The minimum absolute atomic E-state index is 0.0834. The molecule has 0 aliphatic heterocycles. The fraction of sp³-hybridized carbons (Fsp3) is 0.729. The average Bonchev–Trinajstić information content (AvgIpc) is 3.42. The summed E-state index contributed by atoms with van der Waals surface area (Å²) in [6, 6.07) is 0. The summed E-state index contributed by atoms with van der Waals surface area (Å²) < 4.78 is 16.9. The Hall–Kier alpha value is -3.67. The Morgan fingerprint density at radius 1 is 0.276 bits per heavy atom. The lowest BCUT2D eigenvalue weighted by Crippen LogP contribution is -2.30. The van der Waals surface area contributed by atoms with Crippen molar-refractivity contribution in [2.75, 3.05) is 13.2 Å². The quantitative estimate of drug-likeness (QED) is 0.0261. The molecule has 76 heavy (non-hydrogen) atoms. The third kappa shape index (κ3) is 61.2. The molecule has 0 aromatic heterocycles. The lowest BCUT2D eigenvalue weighted by molar-refractivity contribution is -0.167. The van der Waals surface area contributed by atoms with Gasteiger partial charge in [-0.15, -0.1) is 0 Å². The molecule has 0 aliphatic carbocycles. The van der Waals surface area contributed by atoms with Crippen LogP contribution in [0.5, 0.6) is 0 Å². The SMILES string of the molecule is CC/C=C\C/C=C\C/C=C\C/C=C\CCCCCCCCCCCCCCC(=O)OCC(COC(=O)CCCCCCC/C=C\CCC)OC(=O)CCCCCCCCCC/C=C\C/C=C\C/C=C\CCCCCCC. The van der Waals surface area contributed by atoms with Crippen molar-refractivity contribution in [3.05, 3.63) is 97.2 Å². The summed E-state index contributed by atoms with van der Waals surface area (Å²) in [5.74, 6) is -0.895. The van der Waals surface area contributed by atoms with Crippen molar-refractivity contribution < 1.29 is 28.6 Å². The molecular weight excluding hydrogens is 937 g/mol. The van der Waals surface area contributed by atoms with E-state index < -0.39 is 6.10 Å². The van der Waals surface area contributed by atoms with Gasteiger partial charge in [0, 0.05) is 19.3 Å². The predicted octanol–water partition coefficient (Wildman–Crippen LogP) is 22.0. The zero-order valence-electron chi connectivity index (χ0n) is 50.0. The van der Waals surface area contributed by atoms with Gasteiger partial charge in [0.15, 0.2) is 6.10 Å². The molecule has 0 aliphatic rings. The summed E-state index contributed by atoms with van der Waals surface area (Å²) >= 11 is 0. The topological polar surface area (TPSA) is 78.9 Å².